The first kappa shape index (κ1) is 18.8. The average Bonchev–Trinajstić information content (AvgIpc) is 3.06. The van der Waals surface area contributed by atoms with Crippen LogP contribution in [0.25, 0.3) is 0 Å². The van der Waals surface area contributed by atoms with Gasteiger partial charge in [0.15, 0.2) is 0 Å². The van der Waals surface area contributed by atoms with E-state index in [1.807, 2.05) is 48.5 Å². The third kappa shape index (κ3) is 4.73. The van der Waals surface area contributed by atoms with Gasteiger partial charge < -0.3 is 16.0 Å². The van der Waals surface area contributed by atoms with E-state index in [0.29, 0.717) is 18.7 Å². The third-order valence-corrected chi connectivity index (χ3v) is 4.19. The molecule has 2 amide bonds. The molecule has 0 saturated heterocycles. The molecule has 2 aromatic carbocycles. The maximum Gasteiger partial charge on any atom is 0.254 e. The second kappa shape index (κ2) is 8.53. The number of nitrogens with two attached hydrogens (primary N) is 1. The first-order valence-electron chi connectivity index (χ1n) is 8.12. The molecule has 0 radical (unpaired) electrons. The minimum absolute atomic E-state index is 0. The third-order valence-electron chi connectivity index (χ3n) is 4.19. The van der Waals surface area contributed by atoms with Crippen LogP contribution in [0.2, 0.25) is 0 Å². The second-order valence-electron chi connectivity index (χ2n) is 5.98. The highest BCUT2D eigenvalue weighted by molar-refractivity contribution is 5.95. The standard InChI is InChI=1S/C19H21N3O2.ClH/c20-18(23)9-11-22(13-14-4-2-1-3-5-14)19(24)16-6-7-17-15(12-16)8-10-21-17;/h1-7,12,21H,8-11,13H2,(H2,20,23);1H. The molecule has 132 valence electrons. The number of nitrogens with one attached hydrogen (secondary N) is 1. The Kier molecular flexibility index (Phi) is 6.42. The van der Waals surface area contributed by atoms with E-state index in [9.17, 15) is 9.59 Å². The molecule has 0 fully saturated rings. The zero-order valence-electron chi connectivity index (χ0n) is 13.9. The van der Waals surface area contributed by atoms with Crippen molar-refractivity contribution in [1.82, 2.24) is 4.90 Å². The Balaban J connectivity index is 0.00000225. The fraction of sp³-hybridized carbons (Fsp3) is 0.263. The van der Waals surface area contributed by atoms with Crippen LogP contribution in [-0.2, 0) is 17.8 Å². The molecule has 5 nitrogen and oxygen atoms in total. The zero-order valence-corrected chi connectivity index (χ0v) is 14.7. The smallest absolute Gasteiger partial charge is 0.254 e. The van der Waals surface area contributed by atoms with Gasteiger partial charge >= 0.3 is 0 Å². The minimum atomic E-state index is -0.404. The number of hydrogen-bond acceptors (Lipinski definition) is 3. The summed E-state index contributed by atoms with van der Waals surface area (Å²) in [6, 6.07) is 15.5. The van der Waals surface area contributed by atoms with Crippen LogP contribution in [0, 0.1) is 0 Å². The molecule has 6 heteroatoms. The molecule has 0 saturated carbocycles. The summed E-state index contributed by atoms with van der Waals surface area (Å²) in [6.45, 7) is 1.68. The molecule has 1 aliphatic rings. The molecule has 0 aliphatic carbocycles. The van der Waals surface area contributed by atoms with E-state index in [1.54, 1.807) is 4.90 Å². The summed E-state index contributed by atoms with van der Waals surface area (Å²) in [5.41, 5.74) is 9.20. The zero-order chi connectivity index (χ0) is 16.9. The molecule has 1 aliphatic heterocycles. The topological polar surface area (TPSA) is 75.4 Å². The van der Waals surface area contributed by atoms with E-state index >= 15 is 0 Å². The highest BCUT2D eigenvalue weighted by Gasteiger charge is 2.19. The fourth-order valence-corrected chi connectivity index (χ4v) is 2.92. The molecule has 3 N–H and O–H groups in total. The Morgan fingerprint density at radius 3 is 2.60 bits per heavy atom. The van der Waals surface area contributed by atoms with Crippen LogP contribution in [0.4, 0.5) is 5.69 Å². The SMILES string of the molecule is Cl.NC(=O)CCN(Cc1ccccc1)C(=O)c1ccc2c(c1)CCN2. The van der Waals surface area contributed by atoms with E-state index in [-0.39, 0.29) is 24.7 Å². The van der Waals surface area contributed by atoms with Gasteiger partial charge in [-0.1, -0.05) is 30.3 Å². The normalized spacial score (nSPS) is 11.8. The predicted molar refractivity (Wildman–Crippen MR) is 101 cm³/mol. The van der Waals surface area contributed by atoms with E-state index in [1.165, 1.54) is 0 Å². The van der Waals surface area contributed by atoms with Gasteiger partial charge in [0, 0.05) is 37.3 Å². The number of nitrogens with zero attached hydrogens (tertiary/aromatic N) is 1. The van der Waals surface area contributed by atoms with Gasteiger partial charge in [0.05, 0.1) is 0 Å². The summed E-state index contributed by atoms with van der Waals surface area (Å²) in [5.74, 6) is -0.478. The van der Waals surface area contributed by atoms with Gasteiger partial charge in [-0.25, -0.2) is 0 Å². The van der Waals surface area contributed by atoms with Crippen LogP contribution >= 0.6 is 12.4 Å². The van der Waals surface area contributed by atoms with Crippen molar-refractivity contribution in [2.45, 2.75) is 19.4 Å². The van der Waals surface area contributed by atoms with Crippen molar-refractivity contribution < 1.29 is 9.59 Å². The second-order valence-corrected chi connectivity index (χ2v) is 5.98. The first-order chi connectivity index (χ1) is 11.6. The summed E-state index contributed by atoms with van der Waals surface area (Å²) in [7, 11) is 0. The number of benzene rings is 2. The van der Waals surface area contributed by atoms with Crippen LogP contribution in [0.15, 0.2) is 48.5 Å². The van der Waals surface area contributed by atoms with Gasteiger partial charge in [0.2, 0.25) is 5.91 Å². The lowest BCUT2D eigenvalue weighted by atomic mass is 10.1. The number of fused-ring (bicyclic) bond motifs is 1. The number of amides is 2. The summed E-state index contributed by atoms with van der Waals surface area (Å²) in [4.78, 5) is 25.7. The van der Waals surface area contributed by atoms with Gasteiger partial charge in [-0.3, -0.25) is 9.59 Å². The number of primary amides is 1. The molecule has 0 bridgehead atoms. The van der Waals surface area contributed by atoms with Crippen LogP contribution in [0.3, 0.4) is 0 Å². The number of anilines is 1. The van der Waals surface area contributed by atoms with Crippen LogP contribution in [0.5, 0.6) is 0 Å². The summed E-state index contributed by atoms with van der Waals surface area (Å²) >= 11 is 0. The maximum absolute atomic E-state index is 12.9. The lowest BCUT2D eigenvalue weighted by Gasteiger charge is -2.23. The van der Waals surface area contributed by atoms with Gasteiger partial charge in [0.1, 0.15) is 0 Å². The number of carbonyl (C=O) groups is 2. The lowest BCUT2D eigenvalue weighted by Crippen LogP contribution is -2.33. The molecular formula is C19H22ClN3O2. The molecule has 0 atom stereocenters. The van der Waals surface area contributed by atoms with E-state index in [2.05, 4.69) is 5.32 Å². The molecule has 2 aromatic rings. The quantitative estimate of drug-likeness (QED) is 0.832. The van der Waals surface area contributed by atoms with Crippen molar-refractivity contribution in [3.63, 3.8) is 0 Å². The van der Waals surface area contributed by atoms with Crippen LogP contribution in [0.1, 0.15) is 27.9 Å². The lowest BCUT2D eigenvalue weighted by molar-refractivity contribution is -0.118. The maximum atomic E-state index is 12.9. The predicted octanol–water partition coefficient (Wildman–Crippen LogP) is 2.59. The molecule has 1 heterocycles. The number of halogens is 1. The van der Waals surface area contributed by atoms with Gasteiger partial charge in [0.25, 0.3) is 5.91 Å². The summed E-state index contributed by atoms with van der Waals surface area (Å²) in [6.07, 6.45) is 1.08. The minimum Gasteiger partial charge on any atom is -0.384 e. The highest BCUT2D eigenvalue weighted by Crippen LogP contribution is 2.24. The van der Waals surface area contributed by atoms with E-state index < -0.39 is 5.91 Å². The molecule has 0 aromatic heterocycles. The Bertz CT molecular complexity index is 750. The Labute approximate surface area is 153 Å². The van der Waals surface area contributed by atoms with Crippen molar-refractivity contribution in [3.8, 4) is 0 Å². The van der Waals surface area contributed by atoms with Crippen LogP contribution < -0.4 is 11.1 Å². The fourth-order valence-electron chi connectivity index (χ4n) is 2.92. The van der Waals surface area contributed by atoms with Crippen molar-refractivity contribution in [3.05, 3.63) is 65.2 Å². The molecule has 3 rings (SSSR count). The van der Waals surface area contributed by atoms with Gasteiger partial charge in [-0.15, -0.1) is 12.4 Å². The molecule has 0 unspecified atom stereocenters. The molecule has 0 spiro atoms. The molecule has 25 heavy (non-hydrogen) atoms. The number of rotatable bonds is 6. The largest absolute Gasteiger partial charge is 0.384 e. The van der Waals surface area contributed by atoms with E-state index in [0.717, 1.165) is 29.8 Å². The van der Waals surface area contributed by atoms with Crippen molar-refractivity contribution in [2.24, 2.45) is 5.73 Å². The van der Waals surface area contributed by atoms with Gasteiger partial charge in [-0.2, -0.15) is 0 Å². The Morgan fingerprint density at radius 2 is 1.88 bits per heavy atom. The van der Waals surface area contributed by atoms with Crippen molar-refractivity contribution >= 4 is 29.9 Å². The highest BCUT2D eigenvalue weighted by atomic mass is 35.5. The summed E-state index contributed by atoms with van der Waals surface area (Å²) < 4.78 is 0. The van der Waals surface area contributed by atoms with Crippen molar-refractivity contribution in [2.75, 3.05) is 18.4 Å². The number of hydrogen-bond donors (Lipinski definition) is 2. The average molecular weight is 360 g/mol. The Hall–Kier alpha value is -2.53. The van der Waals surface area contributed by atoms with Crippen molar-refractivity contribution in [1.29, 1.82) is 0 Å². The first-order valence-corrected chi connectivity index (χ1v) is 8.12. The number of carbonyl (C=O) groups excluding carboxylic acids is 2. The Morgan fingerprint density at radius 1 is 1.12 bits per heavy atom. The van der Waals surface area contributed by atoms with Gasteiger partial charge in [-0.05, 0) is 35.7 Å². The monoisotopic (exact) mass is 359 g/mol. The van der Waals surface area contributed by atoms with Crippen LogP contribution in [-0.4, -0.2) is 29.8 Å². The molecular weight excluding hydrogens is 338 g/mol. The summed E-state index contributed by atoms with van der Waals surface area (Å²) in [5, 5.41) is 3.29. The van der Waals surface area contributed by atoms with E-state index in [4.69, 9.17) is 5.73 Å².